The van der Waals surface area contributed by atoms with Crippen molar-refractivity contribution in [2.75, 3.05) is 67.1 Å². The van der Waals surface area contributed by atoms with Gasteiger partial charge < -0.3 is 63.8 Å². The fourth-order valence-electron chi connectivity index (χ4n) is 10.9. The summed E-state index contributed by atoms with van der Waals surface area (Å²) in [6.45, 7) is 15.2. The molecule has 6 N–H and O–H groups in total. The SMILES string of the molecule is C.C.C.CC(C)(C)OC(=O)N[C@H]1CCN(c2nccn3ccnc23)C1.C[C@H]1CCNC1.Clc1nccn2ccnc12.N[C@H]1CCN(c2nccn3ccnc23)C1.O=C(N[C@H]1CCN(c2nccn3ccnc23)C1)c1ccn(-c2ccccc2)n1.O=C(O)c1ncn(-c2ccccc2)n1. The molecule has 30 heteroatoms. The van der Waals surface area contributed by atoms with Crippen molar-refractivity contribution in [2.45, 2.75) is 99.4 Å². The third-order valence-electron chi connectivity index (χ3n) is 15.6. The zero-order chi connectivity index (χ0) is 66.3. The van der Waals surface area contributed by atoms with Gasteiger partial charge in [0.2, 0.25) is 0 Å². The largest absolute Gasteiger partial charge is 0.475 e. The van der Waals surface area contributed by atoms with E-state index in [1.807, 2.05) is 142 Å². The maximum Gasteiger partial charge on any atom is 0.407 e. The average molecular weight is 1360 g/mol. The third kappa shape index (κ3) is 19.0. The highest BCUT2D eigenvalue weighted by molar-refractivity contribution is 6.32. The molecule has 0 aliphatic carbocycles. The highest BCUT2D eigenvalue weighted by atomic mass is 35.5. The molecule has 14 heterocycles. The van der Waals surface area contributed by atoms with Crippen molar-refractivity contribution in [3.05, 3.63) is 195 Å². The van der Waals surface area contributed by atoms with Gasteiger partial charge in [0.1, 0.15) is 11.9 Å². The number of carbonyl (C=O) groups excluding carboxylic acids is 2. The number of carboxylic acid groups (broad SMARTS) is 1. The number of halogens is 1. The first kappa shape index (κ1) is 72.9. The molecular weight excluding hydrogens is 1270 g/mol. The molecule has 4 saturated heterocycles. The summed E-state index contributed by atoms with van der Waals surface area (Å²) >= 11 is 5.70. The Hall–Kier alpha value is -10.9. The number of anilines is 3. The van der Waals surface area contributed by atoms with Crippen molar-refractivity contribution >= 4 is 69.6 Å². The van der Waals surface area contributed by atoms with Crippen LogP contribution in [0.15, 0.2) is 178 Å². The van der Waals surface area contributed by atoms with Gasteiger partial charge in [0.25, 0.3) is 11.7 Å². The van der Waals surface area contributed by atoms with Crippen LogP contribution < -0.4 is 36.4 Å². The summed E-state index contributed by atoms with van der Waals surface area (Å²) in [7, 11) is 0. The predicted molar refractivity (Wildman–Crippen MR) is 379 cm³/mol. The molecule has 10 aromatic heterocycles. The highest BCUT2D eigenvalue weighted by Gasteiger charge is 2.30. The Morgan fingerprint density at radius 1 is 0.551 bits per heavy atom. The zero-order valence-electron chi connectivity index (χ0n) is 53.0. The molecule has 0 bridgehead atoms. The molecule has 2 aromatic carbocycles. The Morgan fingerprint density at radius 3 is 1.43 bits per heavy atom. The lowest BCUT2D eigenvalue weighted by molar-refractivity contribution is 0.0508. The van der Waals surface area contributed by atoms with Crippen molar-refractivity contribution < 1.29 is 24.2 Å². The molecule has 16 rings (SSSR count). The number of hydrogen-bond donors (Lipinski definition) is 5. The van der Waals surface area contributed by atoms with Crippen LogP contribution in [0.4, 0.5) is 22.2 Å². The van der Waals surface area contributed by atoms with Crippen LogP contribution in [0.5, 0.6) is 0 Å². The maximum atomic E-state index is 12.6. The summed E-state index contributed by atoms with van der Waals surface area (Å²) in [6, 6.07) is 21.1. The number of para-hydroxylation sites is 2. The molecule has 0 saturated carbocycles. The smallest absolute Gasteiger partial charge is 0.407 e. The summed E-state index contributed by atoms with van der Waals surface area (Å²) in [5.74, 6) is 2.08. The van der Waals surface area contributed by atoms with Crippen LogP contribution in [-0.4, -0.2) is 181 Å². The number of nitrogens with zero attached hydrogens (tertiary/aromatic N) is 20. The number of hydrogen-bond acceptors (Lipinski definition) is 20. The number of fused-ring (bicyclic) bond motifs is 4. The summed E-state index contributed by atoms with van der Waals surface area (Å²) in [5, 5.41) is 26.5. The number of aromatic nitrogens is 17. The molecule has 0 radical (unpaired) electrons. The zero-order valence-corrected chi connectivity index (χ0v) is 53.8. The number of rotatable bonds is 9. The lowest BCUT2D eigenvalue weighted by Gasteiger charge is -2.22. The van der Waals surface area contributed by atoms with Gasteiger partial charge in [-0.25, -0.2) is 63.8 Å². The lowest BCUT2D eigenvalue weighted by atomic mass is 10.2. The number of carboxylic acids is 1. The molecule has 98 heavy (non-hydrogen) atoms. The minimum atomic E-state index is -1.13. The number of alkyl carbamates (subject to hydrolysis) is 1. The second-order valence-electron chi connectivity index (χ2n) is 23.8. The molecule has 0 unspecified atom stereocenters. The average Bonchev–Trinajstić information content (AvgIpc) is 1.66. The fourth-order valence-corrected chi connectivity index (χ4v) is 11.1. The molecule has 12 aromatic rings. The van der Waals surface area contributed by atoms with Gasteiger partial charge in [0.05, 0.1) is 17.4 Å². The van der Waals surface area contributed by atoms with E-state index in [2.05, 4.69) is 92.6 Å². The normalized spacial score (nSPS) is 16.8. The van der Waals surface area contributed by atoms with E-state index >= 15 is 0 Å². The fraction of sp³-hybridized carbons (Fsp3) is 0.353. The molecule has 4 atom stereocenters. The number of nitrogens with two attached hydrogens (primary N) is 1. The topological polar surface area (TPSA) is 322 Å². The van der Waals surface area contributed by atoms with Gasteiger partial charge in [0.15, 0.2) is 50.9 Å². The van der Waals surface area contributed by atoms with Gasteiger partial charge in [-0.3, -0.25) is 4.79 Å². The first-order chi connectivity index (χ1) is 46.1. The van der Waals surface area contributed by atoms with Gasteiger partial charge in [0, 0.05) is 157 Å². The number of carbonyl (C=O) groups is 3. The quantitative estimate of drug-likeness (QED) is 0.0900. The number of benzene rings is 2. The molecule has 29 nitrogen and oxygen atoms in total. The Labute approximate surface area is 573 Å². The van der Waals surface area contributed by atoms with E-state index in [0.717, 1.165) is 97.1 Å². The minimum Gasteiger partial charge on any atom is -0.475 e. The van der Waals surface area contributed by atoms with Crippen LogP contribution in [-0.2, 0) is 4.74 Å². The van der Waals surface area contributed by atoms with E-state index in [-0.39, 0.29) is 58.2 Å². The Balaban J connectivity index is 0.000000157. The van der Waals surface area contributed by atoms with E-state index < -0.39 is 11.6 Å². The van der Waals surface area contributed by atoms with E-state index in [0.29, 0.717) is 29.6 Å². The number of amides is 2. The Bertz CT molecular complexity index is 4440. The second-order valence-corrected chi connectivity index (χ2v) is 24.2. The first-order valence-electron chi connectivity index (χ1n) is 31.2. The number of aromatic carboxylic acids is 1. The van der Waals surface area contributed by atoms with Crippen molar-refractivity contribution in [1.29, 1.82) is 0 Å². The van der Waals surface area contributed by atoms with Crippen LogP contribution in [0.2, 0.25) is 5.15 Å². The molecule has 2 amide bonds. The lowest BCUT2D eigenvalue weighted by Crippen LogP contribution is -2.40. The van der Waals surface area contributed by atoms with E-state index in [1.54, 1.807) is 72.7 Å². The number of ether oxygens (including phenoxy) is 1. The Morgan fingerprint density at radius 2 is 1.00 bits per heavy atom. The van der Waals surface area contributed by atoms with Crippen LogP contribution in [0.3, 0.4) is 0 Å². The van der Waals surface area contributed by atoms with Gasteiger partial charge >= 0.3 is 12.1 Å². The van der Waals surface area contributed by atoms with Gasteiger partial charge in [-0.2, -0.15) is 5.10 Å². The minimum absolute atomic E-state index is 0. The van der Waals surface area contributed by atoms with Crippen LogP contribution >= 0.6 is 11.6 Å². The summed E-state index contributed by atoms with van der Waals surface area (Å²) < 4.78 is 16.1. The maximum absolute atomic E-state index is 12.6. The second kappa shape index (κ2) is 34.2. The Kier molecular flexibility index (Phi) is 25.4. The third-order valence-corrected chi connectivity index (χ3v) is 15.8. The van der Waals surface area contributed by atoms with Crippen molar-refractivity contribution in [3.8, 4) is 11.4 Å². The van der Waals surface area contributed by atoms with Gasteiger partial charge in [-0.1, -0.05) is 77.2 Å². The van der Waals surface area contributed by atoms with Gasteiger partial charge in [-0.05, 0) is 95.8 Å². The highest BCUT2D eigenvalue weighted by Crippen LogP contribution is 2.25. The molecule has 4 fully saturated rings. The summed E-state index contributed by atoms with van der Waals surface area (Å²) in [6.07, 6.45) is 35.9. The van der Waals surface area contributed by atoms with Crippen molar-refractivity contribution in [3.63, 3.8) is 0 Å². The van der Waals surface area contributed by atoms with Crippen molar-refractivity contribution in [2.24, 2.45) is 11.7 Å². The first-order valence-corrected chi connectivity index (χ1v) is 31.6. The molecular formula is C68H87ClN24O5. The molecule has 4 aliphatic rings. The predicted octanol–water partition coefficient (Wildman–Crippen LogP) is 8.90. The number of imidazole rings is 4. The van der Waals surface area contributed by atoms with Gasteiger partial charge in [-0.15, -0.1) is 5.10 Å². The summed E-state index contributed by atoms with van der Waals surface area (Å²) in [5.41, 5.74) is 10.8. The van der Waals surface area contributed by atoms with Crippen molar-refractivity contribution in [1.82, 2.24) is 98.0 Å². The standard InChI is InChI=1S/C20H19N7O.C15H21N5O2.C10H13N5.C9H7N3O2.C6H4ClN3.C5H11N.3CH4/c28-20(17-7-11-27(24-17)16-4-2-1-3-5-16)23-15-6-10-26(14-15)19-18-21-8-12-25(18)13-9-22-19;1-15(2,3)22-14(21)18-11-4-7-20(10-11)13-12-16-5-8-19(12)9-6-17-13;11-8-1-4-15(7-8)10-9-12-2-5-14(9)6-3-13-10;13-9(14)8-10-6-12(11-8)7-4-2-1-3-5-7;7-5-6-9-2-4-10(6)3-1-8-5;1-5-2-3-6-4-5;;;/h1-5,7-9,11-13,15H,6,10,14H2,(H,23,28);5-6,8-9,11H,4,7,10H2,1-3H3,(H,18,21);2-3,5-6,8H,1,4,7,11H2;1-6H,(H,13,14);1-4H;5-6H,2-4H2,1H3;3*1H4/t15-;11-;8-;;;5-;;;/m000..0.../s1. The monoisotopic (exact) mass is 1350 g/mol. The van der Waals surface area contributed by atoms with E-state index in [1.165, 1.54) is 30.5 Å². The van der Waals surface area contributed by atoms with E-state index in [9.17, 15) is 14.4 Å². The molecule has 4 aliphatic heterocycles. The van der Waals surface area contributed by atoms with E-state index in [4.69, 9.17) is 27.2 Å². The van der Waals surface area contributed by atoms with Crippen LogP contribution in [0.1, 0.15) is 96.8 Å². The van der Waals surface area contributed by atoms with Crippen LogP contribution in [0.25, 0.3) is 34.0 Å². The van der Waals surface area contributed by atoms with Crippen LogP contribution in [0, 0.1) is 5.92 Å². The molecule has 0 spiro atoms. The molecule has 516 valence electrons. The summed E-state index contributed by atoms with van der Waals surface area (Å²) in [4.78, 5) is 79.3. The number of nitrogens with one attached hydrogen (secondary N) is 3.